The van der Waals surface area contributed by atoms with Crippen molar-refractivity contribution >= 4 is 17.1 Å². The standard InChI is InChI=1S/C13H19N5O7/c1-17-9-5(11(23)18(2)13(17)24)14-12(15-9)16-10-8(22)7(21)6(20)4(3-19)25-10/h4,6-8,10,19-22H,3H2,1-2H3,(H2,14,15,16)/t4-,6-,7+,8-,10?/m1/s1. The maximum Gasteiger partial charge on any atom is 0.332 e. The molecule has 0 aliphatic carbocycles. The van der Waals surface area contributed by atoms with Gasteiger partial charge in [-0.1, -0.05) is 0 Å². The summed E-state index contributed by atoms with van der Waals surface area (Å²) in [6.45, 7) is -0.571. The van der Waals surface area contributed by atoms with Crippen LogP contribution in [-0.4, -0.2) is 76.8 Å². The summed E-state index contributed by atoms with van der Waals surface area (Å²) in [5.74, 6) is 0.0117. The van der Waals surface area contributed by atoms with Crippen molar-refractivity contribution in [1.29, 1.82) is 0 Å². The minimum atomic E-state index is -1.55. The van der Waals surface area contributed by atoms with Crippen molar-refractivity contribution in [3.8, 4) is 0 Å². The van der Waals surface area contributed by atoms with Crippen molar-refractivity contribution in [3.63, 3.8) is 0 Å². The molecule has 2 aromatic heterocycles. The van der Waals surface area contributed by atoms with E-state index in [4.69, 9.17) is 4.74 Å². The van der Waals surface area contributed by atoms with Gasteiger partial charge >= 0.3 is 5.69 Å². The molecule has 6 N–H and O–H groups in total. The van der Waals surface area contributed by atoms with E-state index >= 15 is 0 Å². The van der Waals surface area contributed by atoms with Crippen molar-refractivity contribution in [2.75, 3.05) is 11.9 Å². The number of fused-ring (bicyclic) bond motifs is 1. The lowest BCUT2D eigenvalue weighted by molar-refractivity contribution is -0.221. The third-order valence-electron chi connectivity index (χ3n) is 4.27. The summed E-state index contributed by atoms with van der Waals surface area (Å²) < 4.78 is 7.39. The number of rotatable bonds is 3. The second kappa shape index (κ2) is 6.24. The Labute approximate surface area is 139 Å². The summed E-state index contributed by atoms with van der Waals surface area (Å²) in [5.41, 5.74) is -0.965. The average Bonchev–Trinajstić information content (AvgIpc) is 3.02. The molecule has 0 bridgehead atoms. The van der Waals surface area contributed by atoms with Crippen molar-refractivity contribution in [3.05, 3.63) is 20.8 Å². The third kappa shape index (κ3) is 2.73. The molecule has 3 rings (SSSR count). The number of aliphatic hydroxyl groups is 4. The van der Waals surface area contributed by atoms with E-state index < -0.39 is 48.5 Å². The predicted octanol–water partition coefficient (Wildman–Crippen LogP) is -3.83. The molecule has 1 unspecified atom stereocenters. The van der Waals surface area contributed by atoms with Gasteiger partial charge in [0.25, 0.3) is 5.56 Å². The highest BCUT2D eigenvalue weighted by atomic mass is 16.6. The van der Waals surface area contributed by atoms with Gasteiger partial charge < -0.3 is 35.5 Å². The number of anilines is 1. The lowest BCUT2D eigenvalue weighted by atomic mass is 9.98. The highest BCUT2D eigenvalue weighted by Crippen LogP contribution is 2.22. The maximum atomic E-state index is 12.1. The molecular weight excluding hydrogens is 338 g/mol. The number of nitrogens with zero attached hydrogens (tertiary/aromatic N) is 3. The number of H-pyrrole nitrogens is 1. The van der Waals surface area contributed by atoms with Gasteiger partial charge in [0.1, 0.15) is 24.4 Å². The molecule has 1 saturated heterocycles. The Bertz CT molecular complexity index is 901. The number of aromatic nitrogens is 4. The molecule has 12 heteroatoms. The minimum absolute atomic E-state index is 0.0117. The van der Waals surface area contributed by atoms with E-state index in [9.17, 15) is 30.0 Å². The first kappa shape index (κ1) is 17.6. The fourth-order valence-electron chi connectivity index (χ4n) is 2.75. The Morgan fingerprint density at radius 2 is 1.84 bits per heavy atom. The van der Waals surface area contributed by atoms with Crippen molar-refractivity contribution < 1.29 is 25.2 Å². The van der Waals surface area contributed by atoms with Crippen LogP contribution in [0.4, 0.5) is 5.95 Å². The van der Waals surface area contributed by atoms with E-state index in [1.807, 2.05) is 0 Å². The zero-order chi connectivity index (χ0) is 18.5. The van der Waals surface area contributed by atoms with E-state index in [1.54, 1.807) is 0 Å². The Morgan fingerprint density at radius 3 is 2.48 bits per heavy atom. The summed E-state index contributed by atoms with van der Waals surface area (Å²) >= 11 is 0. The molecule has 5 atom stereocenters. The number of aliphatic hydroxyl groups excluding tert-OH is 4. The number of ether oxygens (including phenoxy) is 1. The van der Waals surface area contributed by atoms with Crippen LogP contribution < -0.4 is 16.6 Å². The summed E-state index contributed by atoms with van der Waals surface area (Å²) in [4.78, 5) is 30.8. The van der Waals surface area contributed by atoms with E-state index in [0.717, 1.165) is 4.57 Å². The quantitative estimate of drug-likeness (QED) is 0.321. The molecule has 138 valence electrons. The molecular formula is C13H19N5O7. The van der Waals surface area contributed by atoms with Crippen LogP contribution in [0.5, 0.6) is 0 Å². The number of nitrogens with one attached hydrogen (secondary N) is 2. The van der Waals surface area contributed by atoms with E-state index in [1.165, 1.54) is 18.7 Å². The van der Waals surface area contributed by atoms with Gasteiger partial charge in [-0.25, -0.2) is 4.79 Å². The average molecular weight is 357 g/mol. The molecule has 0 amide bonds. The molecule has 1 aliphatic heterocycles. The van der Waals surface area contributed by atoms with Gasteiger partial charge in [-0.3, -0.25) is 13.9 Å². The summed E-state index contributed by atoms with van der Waals surface area (Å²) in [6, 6.07) is 0. The van der Waals surface area contributed by atoms with Crippen LogP contribution in [-0.2, 0) is 18.8 Å². The van der Waals surface area contributed by atoms with E-state index in [2.05, 4.69) is 15.3 Å². The Balaban J connectivity index is 1.96. The summed E-state index contributed by atoms with van der Waals surface area (Å²) in [5, 5.41) is 41.4. The van der Waals surface area contributed by atoms with Crippen LogP contribution in [0.25, 0.3) is 11.2 Å². The van der Waals surface area contributed by atoms with Gasteiger partial charge in [0.05, 0.1) is 6.61 Å². The number of hydrogen-bond donors (Lipinski definition) is 6. The molecule has 2 aromatic rings. The Morgan fingerprint density at radius 1 is 1.16 bits per heavy atom. The Hall–Kier alpha value is -2.25. The van der Waals surface area contributed by atoms with E-state index in [-0.39, 0.29) is 17.1 Å². The van der Waals surface area contributed by atoms with Crippen LogP contribution >= 0.6 is 0 Å². The Kier molecular flexibility index (Phi) is 4.38. The molecule has 0 saturated carbocycles. The van der Waals surface area contributed by atoms with Crippen LogP contribution in [0.15, 0.2) is 9.59 Å². The zero-order valence-corrected chi connectivity index (χ0v) is 13.4. The lowest BCUT2D eigenvalue weighted by Gasteiger charge is -2.40. The van der Waals surface area contributed by atoms with Gasteiger partial charge in [0.15, 0.2) is 17.4 Å². The molecule has 3 heterocycles. The van der Waals surface area contributed by atoms with Gasteiger partial charge in [-0.2, -0.15) is 4.98 Å². The summed E-state index contributed by atoms with van der Waals surface area (Å²) in [7, 11) is 2.78. The van der Waals surface area contributed by atoms with Gasteiger partial charge in [-0.05, 0) is 0 Å². The molecule has 1 fully saturated rings. The smallest absolute Gasteiger partial charge is 0.332 e. The number of aromatic amines is 1. The highest BCUT2D eigenvalue weighted by Gasteiger charge is 2.43. The largest absolute Gasteiger partial charge is 0.394 e. The zero-order valence-electron chi connectivity index (χ0n) is 13.4. The van der Waals surface area contributed by atoms with Crippen LogP contribution in [0, 0.1) is 0 Å². The molecule has 12 nitrogen and oxygen atoms in total. The van der Waals surface area contributed by atoms with Gasteiger partial charge in [-0.15, -0.1) is 0 Å². The monoisotopic (exact) mass is 357 g/mol. The van der Waals surface area contributed by atoms with Crippen LogP contribution in [0.1, 0.15) is 0 Å². The molecule has 1 aliphatic rings. The van der Waals surface area contributed by atoms with Crippen molar-refractivity contribution in [2.45, 2.75) is 30.6 Å². The molecule has 0 radical (unpaired) electrons. The van der Waals surface area contributed by atoms with Crippen LogP contribution in [0.2, 0.25) is 0 Å². The molecule has 25 heavy (non-hydrogen) atoms. The van der Waals surface area contributed by atoms with Crippen molar-refractivity contribution in [1.82, 2.24) is 19.1 Å². The van der Waals surface area contributed by atoms with E-state index in [0.29, 0.717) is 0 Å². The SMILES string of the molecule is Cn1c(=O)c2[nH]c(NC3O[C@H](CO)[C@@H](O)[C@H](O)[C@H]3O)nc2n(C)c1=O. The second-order valence-electron chi connectivity index (χ2n) is 5.88. The van der Waals surface area contributed by atoms with Gasteiger partial charge in [0.2, 0.25) is 5.95 Å². The van der Waals surface area contributed by atoms with Gasteiger partial charge in [0, 0.05) is 14.1 Å². The first-order valence-corrected chi connectivity index (χ1v) is 7.49. The molecule has 0 aromatic carbocycles. The highest BCUT2D eigenvalue weighted by molar-refractivity contribution is 5.72. The fraction of sp³-hybridized carbons (Fsp3) is 0.615. The first-order valence-electron chi connectivity index (χ1n) is 7.49. The fourth-order valence-corrected chi connectivity index (χ4v) is 2.75. The predicted molar refractivity (Wildman–Crippen MR) is 84.0 cm³/mol. The summed E-state index contributed by atoms with van der Waals surface area (Å²) in [6.07, 6.45) is -6.85. The first-order chi connectivity index (χ1) is 11.8. The number of imidazole rings is 1. The molecule has 0 spiro atoms. The minimum Gasteiger partial charge on any atom is -0.394 e. The second-order valence-corrected chi connectivity index (χ2v) is 5.88. The third-order valence-corrected chi connectivity index (χ3v) is 4.27. The topological polar surface area (TPSA) is 175 Å². The van der Waals surface area contributed by atoms with Crippen LogP contribution in [0.3, 0.4) is 0 Å². The normalized spacial score (nSPS) is 29.9. The maximum absolute atomic E-state index is 12.1. The lowest BCUT2D eigenvalue weighted by Crippen LogP contribution is -2.60. The van der Waals surface area contributed by atoms with Crippen molar-refractivity contribution in [2.24, 2.45) is 14.1 Å². The number of hydrogen-bond acceptors (Lipinski definition) is 9. The number of aryl methyl sites for hydroxylation is 1.